The van der Waals surface area contributed by atoms with E-state index in [0.717, 1.165) is 25.3 Å². The number of nitro benzene ring substituents is 1. The minimum Gasteiger partial charge on any atom is -0.499 e. The molecule has 0 aliphatic rings. The maximum atomic E-state index is 12.4. The number of ether oxygens (including phenoxy) is 3. The van der Waals surface area contributed by atoms with Gasteiger partial charge in [-0.1, -0.05) is 0 Å². The summed E-state index contributed by atoms with van der Waals surface area (Å²) in [5.74, 6) is -3.16. The summed E-state index contributed by atoms with van der Waals surface area (Å²) in [5, 5.41) is 30.8. The topological polar surface area (TPSA) is 169 Å². The molecule has 1 amide bonds. The van der Waals surface area contributed by atoms with E-state index in [2.05, 4.69) is 4.74 Å². The van der Waals surface area contributed by atoms with Crippen molar-refractivity contribution in [2.24, 2.45) is 0 Å². The molecule has 0 unspecified atom stereocenters. The lowest BCUT2D eigenvalue weighted by molar-refractivity contribution is -0.385. The van der Waals surface area contributed by atoms with Crippen LogP contribution in [0, 0.1) is 21.4 Å². The van der Waals surface area contributed by atoms with Gasteiger partial charge in [-0.05, 0) is 45.4 Å². The van der Waals surface area contributed by atoms with E-state index < -0.39 is 45.7 Å². The van der Waals surface area contributed by atoms with Crippen molar-refractivity contribution in [3.05, 3.63) is 33.4 Å². The van der Waals surface area contributed by atoms with E-state index in [1.54, 1.807) is 19.9 Å². The molecule has 0 heterocycles. The van der Waals surface area contributed by atoms with Crippen LogP contribution >= 0.6 is 0 Å². The van der Waals surface area contributed by atoms with Crippen LogP contribution in [0.25, 0.3) is 6.08 Å². The quantitative estimate of drug-likeness (QED) is 0.155. The number of aromatic hydroxyl groups is 1. The number of methoxy groups -OCH3 is 1. The minimum atomic E-state index is -1.74. The van der Waals surface area contributed by atoms with Crippen molar-refractivity contribution in [1.29, 1.82) is 5.26 Å². The summed E-state index contributed by atoms with van der Waals surface area (Å²) in [5.41, 5.74) is -2.98. The van der Waals surface area contributed by atoms with Crippen LogP contribution in [-0.4, -0.2) is 58.8 Å². The Balaban J connectivity index is 3.40. The van der Waals surface area contributed by atoms with E-state index in [1.165, 1.54) is 18.7 Å². The van der Waals surface area contributed by atoms with Crippen LogP contribution in [0.1, 0.15) is 33.3 Å². The Kier molecular flexibility index (Phi) is 8.71. The summed E-state index contributed by atoms with van der Waals surface area (Å²) in [6, 6.07) is 3.63. The van der Waals surface area contributed by atoms with Gasteiger partial charge in [0, 0.05) is 19.2 Å². The molecule has 172 valence electrons. The van der Waals surface area contributed by atoms with E-state index in [-0.39, 0.29) is 11.1 Å². The number of carbonyl (C=O) groups excluding carboxylic acids is 3. The van der Waals surface area contributed by atoms with Gasteiger partial charge in [0.2, 0.25) is 11.4 Å². The fourth-order valence-corrected chi connectivity index (χ4v) is 2.51. The Morgan fingerprint density at radius 2 is 1.88 bits per heavy atom. The molecular weight excluding hydrogens is 426 g/mol. The Labute approximate surface area is 183 Å². The molecule has 1 aromatic rings. The number of carbonyl (C=O) groups is 3. The fraction of sp³-hybridized carbons (Fsp3) is 0.400. The van der Waals surface area contributed by atoms with Gasteiger partial charge in [0.25, 0.3) is 5.91 Å². The van der Waals surface area contributed by atoms with Crippen LogP contribution in [-0.2, 0) is 19.1 Å². The van der Waals surface area contributed by atoms with Gasteiger partial charge in [0.15, 0.2) is 5.75 Å². The number of benzene rings is 1. The molecule has 0 aromatic heterocycles. The molecule has 0 bridgehead atoms. The lowest BCUT2D eigenvalue weighted by Gasteiger charge is -2.21. The van der Waals surface area contributed by atoms with Crippen molar-refractivity contribution < 1.29 is 38.6 Å². The number of likely N-dealkylation sites (N-methyl/N-ethyl adjacent to an activating group) is 1. The minimum absolute atomic E-state index is 0.0680. The SMILES string of the molecule is CCN(CC)C(=O)C(C#N)=Cc1cc(OC(=O)OC(C)(C)C(=O)OC)c(O)c([N+](=O)[O-])c1. The Bertz CT molecular complexity index is 989. The zero-order chi connectivity index (χ0) is 24.6. The average Bonchev–Trinajstić information content (AvgIpc) is 2.73. The molecule has 0 aliphatic heterocycles. The molecule has 12 nitrogen and oxygen atoms in total. The summed E-state index contributed by atoms with van der Waals surface area (Å²) < 4.78 is 14.2. The number of phenolic OH excluding ortho intramolecular Hbond substituents is 1. The van der Waals surface area contributed by atoms with Gasteiger partial charge in [0.1, 0.15) is 11.6 Å². The first-order valence-corrected chi connectivity index (χ1v) is 9.33. The standard InChI is InChI=1S/C20H23N3O9/c1-6-22(7-2)17(25)13(11-21)8-12-9-14(23(28)29)16(24)15(10-12)31-19(27)32-20(3,4)18(26)30-5/h8-10,24H,6-7H2,1-5H3. The molecule has 0 saturated carbocycles. The van der Waals surface area contributed by atoms with Gasteiger partial charge in [-0.3, -0.25) is 14.9 Å². The van der Waals surface area contributed by atoms with Crippen LogP contribution in [0.15, 0.2) is 17.7 Å². The van der Waals surface area contributed by atoms with Crippen LogP contribution < -0.4 is 4.74 Å². The smallest absolute Gasteiger partial charge is 0.499 e. The highest BCUT2D eigenvalue weighted by Gasteiger charge is 2.35. The number of esters is 1. The maximum Gasteiger partial charge on any atom is 0.515 e. The van der Waals surface area contributed by atoms with Crippen LogP contribution in [0.3, 0.4) is 0 Å². The molecule has 0 atom stereocenters. The maximum absolute atomic E-state index is 12.4. The van der Waals surface area contributed by atoms with Gasteiger partial charge >= 0.3 is 17.8 Å². The highest BCUT2D eigenvalue weighted by atomic mass is 16.7. The van der Waals surface area contributed by atoms with Crippen molar-refractivity contribution in [2.75, 3.05) is 20.2 Å². The van der Waals surface area contributed by atoms with E-state index in [4.69, 9.17) is 9.47 Å². The highest BCUT2D eigenvalue weighted by molar-refractivity contribution is 6.01. The third kappa shape index (κ3) is 6.18. The summed E-state index contributed by atoms with van der Waals surface area (Å²) in [4.78, 5) is 47.9. The molecule has 32 heavy (non-hydrogen) atoms. The summed E-state index contributed by atoms with van der Waals surface area (Å²) in [6.07, 6.45) is -0.394. The van der Waals surface area contributed by atoms with Gasteiger partial charge in [-0.2, -0.15) is 5.26 Å². The van der Waals surface area contributed by atoms with Gasteiger partial charge in [-0.15, -0.1) is 0 Å². The van der Waals surface area contributed by atoms with E-state index in [0.29, 0.717) is 13.1 Å². The van der Waals surface area contributed by atoms with Crippen molar-refractivity contribution in [3.8, 4) is 17.6 Å². The number of nitriles is 1. The molecular formula is C20H23N3O9. The Hall–Kier alpha value is -4.14. The molecule has 0 fully saturated rings. The van der Waals surface area contributed by atoms with E-state index in [1.807, 2.05) is 0 Å². The van der Waals surface area contributed by atoms with Crippen molar-refractivity contribution >= 4 is 29.8 Å². The largest absolute Gasteiger partial charge is 0.515 e. The third-order valence-electron chi connectivity index (χ3n) is 4.20. The molecule has 1 rings (SSSR count). The first kappa shape index (κ1) is 25.9. The zero-order valence-corrected chi connectivity index (χ0v) is 18.2. The Morgan fingerprint density at radius 3 is 2.34 bits per heavy atom. The molecule has 1 N–H and O–H groups in total. The normalized spacial score (nSPS) is 11.2. The molecule has 12 heteroatoms. The van der Waals surface area contributed by atoms with E-state index in [9.17, 15) is 34.9 Å². The van der Waals surface area contributed by atoms with Crippen LogP contribution in [0.4, 0.5) is 10.5 Å². The Morgan fingerprint density at radius 1 is 1.28 bits per heavy atom. The summed E-state index contributed by atoms with van der Waals surface area (Å²) >= 11 is 0. The van der Waals surface area contributed by atoms with Crippen LogP contribution in [0.2, 0.25) is 0 Å². The summed E-state index contributed by atoms with van der Waals surface area (Å²) in [7, 11) is 1.08. The number of amides is 1. The number of rotatable bonds is 8. The lowest BCUT2D eigenvalue weighted by Crippen LogP contribution is -2.39. The van der Waals surface area contributed by atoms with E-state index >= 15 is 0 Å². The fourth-order valence-electron chi connectivity index (χ4n) is 2.51. The second kappa shape index (κ2) is 10.8. The molecule has 0 radical (unpaired) electrons. The first-order valence-electron chi connectivity index (χ1n) is 9.33. The second-order valence-corrected chi connectivity index (χ2v) is 6.75. The first-order chi connectivity index (χ1) is 14.9. The predicted octanol–water partition coefficient (Wildman–Crippen LogP) is 2.54. The van der Waals surface area contributed by atoms with Crippen LogP contribution in [0.5, 0.6) is 11.5 Å². The van der Waals surface area contributed by atoms with Gasteiger partial charge in [-0.25, -0.2) is 9.59 Å². The summed E-state index contributed by atoms with van der Waals surface area (Å²) in [6.45, 7) is 6.55. The van der Waals surface area contributed by atoms with Crippen molar-refractivity contribution in [2.45, 2.75) is 33.3 Å². The predicted molar refractivity (Wildman–Crippen MR) is 109 cm³/mol. The van der Waals surface area contributed by atoms with Crippen molar-refractivity contribution in [3.63, 3.8) is 0 Å². The van der Waals surface area contributed by atoms with Gasteiger partial charge < -0.3 is 24.2 Å². The zero-order valence-electron chi connectivity index (χ0n) is 18.2. The third-order valence-corrected chi connectivity index (χ3v) is 4.20. The number of hydrogen-bond acceptors (Lipinski definition) is 10. The lowest BCUT2D eigenvalue weighted by atomic mass is 10.1. The molecule has 0 aliphatic carbocycles. The number of hydrogen-bond donors (Lipinski definition) is 1. The van der Waals surface area contributed by atoms with Gasteiger partial charge in [0.05, 0.1) is 12.0 Å². The second-order valence-electron chi connectivity index (χ2n) is 6.75. The molecule has 1 aromatic carbocycles. The monoisotopic (exact) mass is 449 g/mol. The molecule has 0 saturated heterocycles. The highest BCUT2D eigenvalue weighted by Crippen LogP contribution is 2.38. The number of nitrogens with zero attached hydrogens (tertiary/aromatic N) is 3. The number of nitro groups is 1. The van der Waals surface area contributed by atoms with Crippen molar-refractivity contribution in [1.82, 2.24) is 4.90 Å². The average molecular weight is 449 g/mol. The number of phenols is 1. The molecule has 0 spiro atoms.